The van der Waals surface area contributed by atoms with Crippen molar-refractivity contribution < 1.29 is 14.7 Å². The highest BCUT2D eigenvalue weighted by atomic mass is 35.5. The lowest BCUT2D eigenvalue weighted by Crippen LogP contribution is -2.48. The number of rotatable bonds is 7. The van der Waals surface area contributed by atoms with Gasteiger partial charge in [0.05, 0.1) is 13.1 Å². The zero-order valence-electron chi connectivity index (χ0n) is 14.9. The maximum atomic E-state index is 12.2. The number of carbonyl (C=O) groups excluding carboxylic acids is 1. The molecule has 0 unspecified atom stereocenters. The van der Waals surface area contributed by atoms with Crippen molar-refractivity contribution in [2.45, 2.75) is 32.7 Å². The molecule has 140 valence electrons. The molecule has 1 amide bonds. The zero-order chi connectivity index (χ0) is 17.5. The molecule has 0 atom stereocenters. The van der Waals surface area contributed by atoms with E-state index < -0.39 is 5.97 Å². The number of carboxylic acids is 1. The van der Waals surface area contributed by atoms with Crippen molar-refractivity contribution >= 4 is 30.0 Å². The third-order valence-corrected chi connectivity index (χ3v) is 4.60. The average molecular weight is 370 g/mol. The van der Waals surface area contributed by atoms with Gasteiger partial charge in [-0.2, -0.15) is 0 Å². The number of hydrogen-bond donors (Lipinski definition) is 2. The number of nitrogens with one attached hydrogen (secondary N) is 1. The Morgan fingerprint density at radius 2 is 1.92 bits per heavy atom. The van der Waals surface area contributed by atoms with Gasteiger partial charge < -0.3 is 10.4 Å². The first kappa shape index (κ1) is 21.4. The number of benzene rings is 1. The molecule has 1 fully saturated rings. The van der Waals surface area contributed by atoms with Crippen LogP contribution < -0.4 is 5.32 Å². The van der Waals surface area contributed by atoms with Gasteiger partial charge in [0.25, 0.3) is 0 Å². The Hall–Kier alpha value is -1.63. The summed E-state index contributed by atoms with van der Waals surface area (Å²) < 4.78 is 0. The van der Waals surface area contributed by atoms with Crippen molar-refractivity contribution in [2.75, 3.05) is 38.0 Å². The van der Waals surface area contributed by atoms with Gasteiger partial charge in [0.2, 0.25) is 5.91 Å². The number of para-hydroxylation sites is 1. The second-order valence-corrected chi connectivity index (χ2v) is 6.33. The van der Waals surface area contributed by atoms with Gasteiger partial charge in [-0.3, -0.25) is 19.4 Å². The second kappa shape index (κ2) is 10.4. The molecule has 1 saturated heterocycles. The van der Waals surface area contributed by atoms with Gasteiger partial charge in [-0.05, 0) is 37.9 Å². The fraction of sp³-hybridized carbons (Fsp3) is 0.556. The van der Waals surface area contributed by atoms with Gasteiger partial charge in [-0.15, -0.1) is 12.4 Å². The van der Waals surface area contributed by atoms with Crippen LogP contribution in [0.5, 0.6) is 0 Å². The average Bonchev–Trinajstić information content (AvgIpc) is 2.55. The smallest absolute Gasteiger partial charge is 0.317 e. The summed E-state index contributed by atoms with van der Waals surface area (Å²) in [6.07, 6.45) is 1.80. The van der Waals surface area contributed by atoms with Crippen molar-refractivity contribution in [1.29, 1.82) is 0 Å². The van der Waals surface area contributed by atoms with Crippen LogP contribution in [0.1, 0.15) is 25.3 Å². The fourth-order valence-corrected chi connectivity index (χ4v) is 3.22. The summed E-state index contributed by atoms with van der Waals surface area (Å²) >= 11 is 0. The van der Waals surface area contributed by atoms with E-state index in [1.165, 1.54) is 0 Å². The normalized spacial score (nSPS) is 15.6. The maximum absolute atomic E-state index is 12.2. The monoisotopic (exact) mass is 369 g/mol. The Labute approximate surface area is 155 Å². The zero-order valence-corrected chi connectivity index (χ0v) is 15.7. The van der Waals surface area contributed by atoms with Gasteiger partial charge in [-0.25, -0.2) is 0 Å². The molecule has 6 nitrogen and oxygen atoms in total. The van der Waals surface area contributed by atoms with Crippen LogP contribution in [-0.4, -0.2) is 65.5 Å². The number of halogens is 1. The SMILES string of the molecule is CCN(CC(=O)O)C1CCN(CC(=O)Nc2ccccc2C)CC1.Cl. The summed E-state index contributed by atoms with van der Waals surface area (Å²) in [5.41, 5.74) is 1.91. The first-order valence-corrected chi connectivity index (χ1v) is 8.53. The van der Waals surface area contributed by atoms with Gasteiger partial charge in [0.15, 0.2) is 0 Å². The number of carboxylic acid groups (broad SMARTS) is 1. The molecule has 1 aliphatic heterocycles. The van der Waals surface area contributed by atoms with Crippen molar-refractivity contribution in [1.82, 2.24) is 9.80 Å². The third kappa shape index (κ3) is 6.65. The van der Waals surface area contributed by atoms with Gasteiger partial charge in [-0.1, -0.05) is 25.1 Å². The van der Waals surface area contributed by atoms with Crippen LogP contribution in [-0.2, 0) is 9.59 Å². The predicted octanol–water partition coefficient (Wildman–Crippen LogP) is 2.23. The first-order valence-electron chi connectivity index (χ1n) is 8.53. The number of amides is 1. The van der Waals surface area contributed by atoms with Crippen LogP contribution in [0.3, 0.4) is 0 Å². The highest BCUT2D eigenvalue weighted by Gasteiger charge is 2.25. The van der Waals surface area contributed by atoms with Gasteiger partial charge >= 0.3 is 5.97 Å². The van der Waals surface area contributed by atoms with Crippen LogP contribution in [0.2, 0.25) is 0 Å². The Morgan fingerprint density at radius 3 is 2.48 bits per heavy atom. The Morgan fingerprint density at radius 1 is 1.28 bits per heavy atom. The van der Waals surface area contributed by atoms with Crippen LogP contribution in [0.4, 0.5) is 5.69 Å². The molecule has 1 aliphatic rings. The molecule has 7 heteroatoms. The molecule has 2 rings (SSSR count). The van der Waals surface area contributed by atoms with Crippen LogP contribution in [0.15, 0.2) is 24.3 Å². The number of anilines is 1. The molecule has 2 N–H and O–H groups in total. The molecule has 0 saturated carbocycles. The van der Waals surface area contributed by atoms with E-state index in [4.69, 9.17) is 5.11 Å². The summed E-state index contributed by atoms with van der Waals surface area (Å²) in [5.74, 6) is -0.780. The number of likely N-dealkylation sites (N-methyl/N-ethyl adjacent to an activating group) is 1. The molecule has 25 heavy (non-hydrogen) atoms. The quantitative estimate of drug-likeness (QED) is 0.771. The van der Waals surface area contributed by atoms with E-state index in [9.17, 15) is 9.59 Å². The van der Waals surface area contributed by atoms with Crippen molar-refractivity contribution in [2.24, 2.45) is 0 Å². The minimum atomic E-state index is -0.781. The fourth-order valence-electron chi connectivity index (χ4n) is 3.22. The van der Waals surface area contributed by atoms with E-state index in [2.05, 4.69) is 10.2 Å². The van der Waals surface area contributed by atoms with E-state index in [0.29, 0.717) is 12.6 Å². The first-order chi connectivity index (χ1) is 11.5. The van der Waals surface area contributed by atoms with Crippen LogP contribution in [0.25, 0.3) is 0 Å². The van der Waals surface area contributed by atoms with Crippen LogP contribution in [0, 0.1) is 6.92 Å². The molecular weight excluding hydrogens is 342 g/mol. The largest absolute Gasteiger partial charge is 0.480 e. The highest BCUT2D eigenvalue weighted by molar-refractivity contribution is 5.92. The molecule has 0 bridgehead atoms. The number of carbonyl (C=O) groups is 2. The predicted molar refractivity (Wildman–Crippen MR) is 101 cm³/mol. The number of aliphatic carboxylic acids is 1. The summed E-state index contributed by atoms with van der Waals surface area (Å²) in [6.45, 7) is 6.82. The number of nitrogens with zero attached hydrogens (tertiary/aromatic N) is 2. The summed E-state index contributed by atoms with van der Waals surface area (Å²) in [5, 5.41) is 11.9. The van der Waals surface area contributed by atoms with E-state index in [-0.39, 0.29) is 24.9 Å². The molecule has 1 aromatic carbocycles. The molecular formula is C18H28ClN3O3. The number of piperidine rings is 1. The lowest BCUT2D eigenvalue weighted by molar-refractivity contribution is -0.139. The minimum absolute atomic E-state index is 0. The van der Waals surface area contributed by atoms with Crippen LogP contribution >= 0.6 is 12.4 Å². The van der Waals surface area contributed by atoms with E-state index in [1.807, 2.05) is 43.0 Å². The maximum Gasteiger partial charge on any atom is 0.317 e. The summed E-state index contributed by atoms with van der Waals surface area (Å²) in [7, 11) is 0. The lowest BCUT2D eigenvalue weighted by atomic mass is 10.0. The topological polar surface area (TPSA) is 72.9 Å². The third-order valence-electron chi connectivity index (χ3n) is 4.60. The number of aryl methyl sites for hydroxylation is 1. The molecule has 0 aliphatic carbocycles. The standard InChI is InChI=1S/C18H27N3O3.ClH/c1-3-21(13-18(23)24)15-8-10-20(11-9-15)12-17(22)19-16-7-5-4-6-14(16)2;/h4-7,15H,3,8-13H2,1-2H3,(H,19,22)(H,23,24);1H. The molecule has 1 aromatic rings. The van der Waals surface area contributed by atoms with Crippen molar-refractivity contribution in [3.63, 3.8) is 0 Å². The number of likely N-dealkylation sites (tertiary alicyclic amines) is 1. The molecule has 0 spiro atoms. The molecule has 0 aromatic heterocycles. The molecule has 1 heterocycles. The van der Waals surface area contributed by atoms with Crippen molar-refractivity contribution in [3.8, 4) is 0 Å². The summed E-state index contributed by atoms with van der Waals surface area (Å²) in [6, 6.07) is 8.04. The van der Waals surface area contributed by atoms with E-state index >= 15 is 0 Å². The highest BCUT2D eigenvalue weighted by Crippen LogP contribution is 2.17. The van der Waals surface area contributed by atoms with E-state index in [1.54, 1.807) is 0 Å². The second-order valence-electron chi connectivity index (χ2n) is 6.33. The molecule has 0 radical (unpaired) electrons. The van der Waals surface area contributed by atoms with E-state index in [0.717, 1.165) is 43.7 Å². The lowest BCUT2D eigenvalue weighted by Gasteiger charge is -2.37. The minimum Gasteiger partial charge on any atom is -0.480 e. The summed E-state index contributed by atoms with van der Waals surface area (Å²) in [4.78, 5) is 27.3. The Bertz CT molecular complexity index is 574. The Balaban J connectivity index is 0.00000312. The van der Waals surface area contributed by atoms with Crippen molar-refractivity contribution in [3.05, 3.63) is 29.8 Å². The number of hydrogen-bond acceptors (Lipinski definition) is 4. The van der Waals surface area contributed by atoms with Gasteiger partial charge in [0, 0.05) is 24.8 Å². The van der Waals surface area contributed by atoms with Gasteiger partial charge in [0.1, 0.15) is 0 Å². The Kier molecular flexibility index (Phi) is 8.89.